The molecule has 1 aliphatic rings. The number of pyridine rings is 1. The first-order valence-corrected chi connectivity index (χ1v) is 9.03. The fraction of sp³-hybridized carbons (Fsp3) is 0.526. The van der Waals surface area contributed by atoms with Crippen molar-refractivity contribution in [3.8, 4) is 0 Å². The lowest BCUT2D eigenvalue weighted by Crippen LogP contribution is -2.42. The van der Waals surface area contributed by atoms with Crippen LogP contribution in [0.15, 0.2) is 37.1 Å². The molecular weight excluding hydrogens is 314 g/mol. The molecule has 0 aromatic carbocycles. The summed E-state index contributed by atoms with van der Waals surface area (Å²) in [5.41, 5.74) is 1.17. The Morgan fingerprint density at radius 2 is 2.16 bits per heavy atom. The summed E-state index contributed by atoms with van der Waals surface area (Å²) in [6.07, 6.45) is 9.21. The summed E-state index contributed by atoms with van der Waals surface area (Å²) in [5, 5.41) is 3.12. The van der Waals surface area contributed by atoms with Gasteiger partial charge in [0.1, 0.15) is 5.82 Å². The topological polar surface area (TPSA) is 63.1 Å². The molecule has 1 amide bonds. The minimum absolute atomic E-state index is 0.113. The van der Waals surface area contributed by atoms with Gasteiger partial charge >= 0.3 is 0 Å². The summed E-state index contributed by atoms with van der Waals surface area (Å²) in [5.74, 6) is 1.70. The third kappa shape index (κ3) is 4.81. The smallest absolute Gasteiger partial charge is 0.223 e. The molecule has 0 radical (unpaired) electrons. The molecule has 0 spiro atoms. The van der Waals surface area contributed by atoms with Crippen LogP contribution >= 0.6 is 0 Å². The molecule has 1 N–H and O–H groups in total. The van der Waals surface area contributed by atoms with Crippen molar-refractivity contribution >= 4 is 11.7 Å². The van der Waals surface area contributed by atoms with E-state index in [0.717, 1.165) is 38.3 Å². The molecule has 0 aliphatic carbocycles. The van der Waals surface area contributed by atoms with Gasteiger partial charge in [-0.05, 0) is 37.3 Å². The number of nitrogens with one attached hydrogen (secondary N) is 1. The van der Waals surface area contributed by atoms with Crippen molar-refractivity contribution < 1.29 is 4.79 Å². The van der Waals surface area contributed by atoms with Gasteiger partial charge in [0, 0.05) is 50.7 Å². The van der Waals surface area contributed by atoms with Gasteiger partial charge in [-0.25, -0.2) is 9.97 Å². The third-order valence-electron chi connectivity index (χ3n) is 4.79. The Labute approximate surface area is 149 Å². The lowest BCUT2D eigenvalue weighted by Gasteiger charge is -2.32. The summed E-state index contributed by atoms with van der Waals surface area (Å²) in [6, 6.07) is 4.15. The van der Waals surface area contributed by atoms with Crippen LogP contribution < -0.4 is 10.2 Å². The van der Waals surface area contributed by atoms with Gasteiger partial charge in [0.15, 0.2) is 0 Å². The first kappa shape index (κ1) is 17.5. The van der Waals surface area contributed by atoms with Crippen molar-refractivity contribution in [1.82, 2.24) is 19.9 Å². The lowest BCUT2D eigenvalue weighted by atomic mass is 9.95. The second-order valence-electron chi connectivity index (χ2n) is 7.06. The molecule has 3 heterocycles. The van der Waals surface area contributed by atoms with Gasteiger partial charge in [-0.1, -0.05) is 13.0 Å². The number of amides is 1. The van der Waals surface area contributed by atoms with E-state index in [0.29, 0.717) is 12.5 Å². The van der Waals surface area contributed by atoms with E-state index in [1.165, 1.54) is 5.56 Å². The van der Waals surface area contributed by atoms with Gasteiger partial charge in [0.05, 0.1) is 6.33 Å². The summed E-state index contributed by atoms with van der Waals surface area (Å²) in [7, 11) is 0. The SMILES string of the molecule is Cc1ccc(N2CCC(C(=O)NC[C@@H](C)Cn3ccnc3)CC2)nc1. The van der Waals surface area contributed by atoms with Crippen LogP contribution in [0.25, 0.3) is 0 Å². The van der Waals surface area contributed by atoms with E-state index in [2.05, 4.69) is 39.2 Å². The Morgan fingerprint density at radius 1 is 1.36 bits per heavy atom. The Morgan fingerprint density at radius 3 is 2.80 bits per heavy atom. The zero-order chi connectivity index (χ0) is 17.6. The first-order chi connectivity index (χ1) is 12.1. The van der Waals surface area contributed by atoms with Gasteiger partial charge in [0.2, 0.25) is 5.91 Å². The van der Waals surface area contributed by atoms with Crippen LogP contribution in [0.3, 0.4) is 0 Å². The van der Waals surface area contributed by atoms with Crippen LogP contribution in [-0.2, 0) is 11.3 Å². The van der Waals surface area contributed by atoms with Crippen LogP contribution in [0.5, 0.6) is 0 Å². The highest BCUT2D eigenvalue weighted by atomic mass is 16.1. The zero-order valence-corrected chi connectivity index (χ0v) is 15.1. The number of carbonyl (C=O) groups excluding carboxylic acids is 1. The monoisotopic (exact) mass is 341 g/mol. The fourth-order valence-corrected chi connectivity index (χ4v) is 3.26. The zero-order valence-electron chi connectivity index (χ0n) is 15.1. The Kier molecular flexibility index (Phi) is 5.68. The van der Waals surface area contributed by atoms with E-state index in [1.54, 1.807) is 6.20 Å². The van der Waals surface area contributed by atoms with E-state index in [1.807, 2.05) is 30.2 Å². The molecule has 1 aliphatic heterocycles. The van der Waals surface area contributed by atoms with Crippen molar-refractivity contribution in [2.45, 2.75) is 33.2 Å². The second kappa shape index (κ2) is 8.14. The van der Waals surface area contributed by atoms with Crippen molar-refractivity contribution in [2.75, 3.05) is 24.5 Å². The Balaban J connectivity index is 1.41. The maximum Gasteiger partial charge on any atom is 0.223 e. The normalized spacial score (nSPS) is 16.6. The molecule has 134 valence electrons. The minimum atomic E-state index is 0.113. The average molecular weight is 341 g/mol. The summed E-state index contributed by atoms with van der Waals surface area (Å²) in [6.45, 7) is 7.54. The van der Waals surface area contributed by atoms with Crippen LogP contribution in [0, 0.1) is 18.8 Å². The van der Waals surface area contributed by atoms with Crippen LogP contribution in [0.1, 0.15) is 25.3 Å². The number of carbonyl (C=O) groups is 1. The summed E-state index contributed by atoms with van der Waals surface area (Å²) >= 11 is 0. The molecule has 6 nitrogen and oxygen atoms in total. The molecule has 2 aromatic heterocycles. The molecule has 1 saturated heterocycles. The Hall–Kier alpha value is -2.37. The molecule has 6 heteroatoms. The molecule has 2 aromatic rings. The van der Waals surface area contributed by atoms with Crippen LogP contribution in [0.2, 0.25) is 0 Å². The third-order valence-corrected chi connectivity index (χ3v) is 4.79. The molecule has 3 rings (SSSR count). The summed E-state index contributed by atoms with van der Waals surface area (Å²) in [4.78, 5) is 23.2. The standard InChI is InChI=1S/C19H27N5O/c1-15-3-4-18(21-11-15)24-8-5-17(6-9-24)19(25)22-12-16(2)13-23-10-7-20-14-23/h3-4,7,10-11,14,16-17H,5-6,8-9,12-13H2,1-2H3,(H,22,25)/t16-/m1/s1. The van der Waals surface area contributed by atoms with Crippen molar-refractivity contribution in [1.29, 1.82) is 0 Å². The maximum atomic E-state index is 12.4. The number of hydrogen-bond donors (Lipinski definition) is 1. The molecule has 0 bridgehead atoms. The van der Waals surface area contributed by atoms with E-state index < -0.39 is 0 Å². The summed E-state index contributed by atoms with van der Waals surface area (Å²) < 4.78 is 2.05. The number of rotatable bonds is 6. The Bertz CT molecular complexity index is 660. The van der Waals surface area contributed by atoms with Crippen molar-refractivity contribution in [3.63, 3.8) is 0 Å². The van der Waals surface area contributed by atoms with Gasteiger partial charge in [0.25, 0.3) is 0 Å². The molecule has 0 saturated carbocycles. The van der Waals surface area contributed by atoms with Crippen LogP contribution in [-0.4, -0.2) is 40.1 Å². The second-order valence-corrected chi connectivity index (χ2v) is 7.06. The maximum absolute atomic E-state index is 12.4. The number of imidazole rings is 1. The number of piperidine rings is 1. The predicted octanol–water partition coefficient (Wildman–Crippen LogP) is 2.26. The predicted molar refractivity (Wildman–Crippen MR) is 98.3 cm³/mol. The largest absolute Gasteiger partial charge is 0.357 e. The van der Waals surface area contributed by atoms with E-state index in [4.69, 9.17) is 0 Å². The van der Waals surface area contributed by atoms with Crippen molar-refractivity contribution in [3.05, 3.63) is 42.6 Å². The molecule has 1 fully saturated rings. The quantitative estimate of drug-likeness (QED) is 0.875. The number of aryl methyl sites for hydroxylation is 1. The van der Waals surface area contributed by atoms with E-state index in [9.17, 15) is 4.79 Å². The van der Waals surface area contributed by atoms with Gasteiger partial charge in [-0.15, -0.1) is 0 Å². The van der Waals surface area contributed by atoms with E-state index in [-0.39, 0.29) is 11.8 Å². The average Bonchev–Trinajstić information content (AvgIpc) is 3.13. The molecule has 25 heavy (non-hydrogen) atoms. The molecule has 1 atom stereocenters. The van der Waals surface area contributed by atoms with Crippen molar-refractivity contribution in [2.24, 2.45) is 11.8 Å². The fourth-order valence-electron chi connectivity index (χ4n) is 3.26. The number of aromatic nitrogens is 3. The highest BCUT2D eigenvalue weighted by Gasteiger charge is 2.25. The number of anilines is 1. The van der Waals surface area contributed by atoms with Crippen LogP contribution in [0.4, 0.5) is 5.82 Å². The van der Waals surface area contributed by atoms with Gasteiger partial charge in [-0.3, -0.25) is 4.79 Å². The van der Waals surface area contributed by atoms with Gasteiger partial charge in [-0.2, -0.15) is 0 Å². The molecule has 0 unspecified atom stereocenters. The minimum Gasteiger partial charge on any atom is -0.357 e. The number of hydrogen-bond acceptors (Lipinski definition) is 4. The van der Waals surface area contributed by atoms with E-state index >= 15 is 0 Å². The lowest BCUT2D eigenvalue weighted by molar-refractivity contribution is -0.125. The molecular formula is C19H27N5O. The first-order valence-electron chi connectivity index (χ1n) is 9.03. The number of nitrogens with zero attached hydrogens (tertiary/aromatic N) is 4. The highest BCUT2D eigenvalue weighted by Crippen LogP contribution is 2.22. The highest BCUT2D eigenvalue weighted by molar-refractivity contribution is 5.78. The van der Waals surface area contributed by atoms with Gasteiger partial charge < -0.3 is 14.8 Å².